The molecule has 0 fully saturated rings. The van der Waals surface area contributed by atoms with Crippen LogP contribution in [0, 0.1) is 0 Å². The third kappa shape index (κ3) is 3.61. The van der Waals surface area contributed by atoms with Crippen molar-refractivity contribution < 1.29 is 0 Å². The van der Waals surface area contributed by atoms with Crippen molar-refractivity contribution in [2.75, 3.05) is 7.05 Å². The number of pyridine rings is 2. The van der Waals surface area contributed by atoms with Gasteiger partial charge in [-0.1, -0.05) is 35.0 Å². The normalized spacial score (nSPS) is 12.1. The van der Waals surface area contributed by atoms with Gasteiger partial charge in [0.05, 0.1) is 22.8 Å². The SMILES string of the molecule is CC/C=C\C(=NC)c1cc(Br)cc(-c2ccccn2)n1. The van der Waals surface area contributed by atoms with Crippen LogP contribution in [0.5, 0.6) is 0 Å². The smallest absolute Gasteiger partial charge is 0.0905 e. The molecule has 2 heterocycles. The Kier molecular flexibility index (Phi) is 5.18. The summed E-state index contributed by atoms with van der Waals surface area (Å²) in [4.78, 5) is 13.3. The van der Waals surface area contributed by atoms with Gasteiger partial charge in [0.25, 0.3) is 0 Å². The molecule has 0 unspecified atom stereocenters. The summed E-state index contributed by atoms with van der Waals surface area (Å²) in [5.74, 6) is 0. The Bertz CT molecular complexity index is 633. The minimum atomic E-state index is 0.834. The number of nitrogens with zero attached hydrogens (tertiary/aromatic N) is 3. The Morgan fingerprint density at radius 3 is 2.80 bits per heavy atom. The molecule has 2 rings (SSSR count). The number of allylic oxidation sites excluding steroid dienone is 2. The summed E-state index contributed by atoms with van der Waals surface area (Å²) in [6.45, 7) is 2.09. The van der Waals surface area contributed by atoms with Crippen LogP contribution in [-0.2, 0) is 0 Å². The van der Waals surface area contributed by atoms with Crippen LogP contribution in [0.4, 0.5) is 0 Å². The van der Waals surface area contributed by atoms with E-state index < -0.39 is 0 Å². The highest BCUT2D eigenvalue weighted by molar-refractivity contribution is 9.10. The summed E-state index contributed by atoms with van der Waals surface area (Å²) in [5, 5.41) is 0. The number of hydrogen-bond acceptors (Lipinski definition) is 3. The molecule has 0 spiro atoms. The molecular weight excluding hydrogens is 314 g/mol. The molecule has 4 heteroatoms. The molecule has 0 saturated carbocycles. The topological polar surface area (TPSA) is 38.1 Å². The van der Waals surface area contributed by atoms with Crippen LogP contribution in [-0.4, -0.2) is 22.7 Å². The molecule has 0 aliphatic heterocycles. The zero-order valence-electron chi connectivity index (χ0n) is 11.5. The van der Waals surface area contributed by atoms with Gasteiger partial charge >= 0.3 is 0 Å². The fraction of sp³-hybridized carbons (Fsp3) is 0.188. The lowest BCUT2D eigenvalue weighted by molar-refractivity contribution is 1.21. The van der Waals surface area contributed by atoms with Crippen LogP contribution < -0.4 is 0 Å². The van der Waals surface area contributed by atoms with Crippen molar-refractivity contribution in [3.63, 3.8) is 0 Å². The molecule has 0 amide bonds. The maximum Gasteiger partial charge on any atom is 0.0905 e. The van der Waals surface area contributed by atoms with E-state index >= 15 is 0 Å². The predicted octanol–water partition coefficient (Wildman–Crippen LogP) is 4.29. The average molecular weight is 330 g/mol. The average Bonchev–Trinajstić information content (AvgIpc) is 2.48. The van der Waals surface area contributed by atoms with Crippen molar-refractivity contribution in [1.29, 1.82) is 0 Å². The maximum atomic E-state index is 4.65. The highest BCUT2D eigenvalue weighted by Gasteiger charge is 2.07. The number of halogens is 1. The monoisotopic (exact) mass is 329 g/mol. The van der Waals surface area contributed by atoms with Crippen LogP contribution >= 0.6 is 15.9 Å². The van der Waals surface area contributed by atoms with Crippen molar-refractivity contribution in [1.82, 2.24) is 9.97 Å². The van der Waals surface area contributed by atoms with Gasteiger partial charge in [0, 0.05) is 17.7 Å². The van der Waals surface area contributed by atoms with Gasteiger partial charge in [-0.3, -0.25) is 9.98 Å². The number of aliphatic imine (C=N–C) groups is 1. The second-order valence-electron chi connectivity index (χ2n) is 4.19. The summed E-state index contributed by atoms with van der Waals surface area (Å²) in [7, 11) is 1.78. The lowest BCUT2D eigenvalue weighted by Gasteiger charge is -2.06. The molecule has 0 aromatic carbocycles. The molecule has 3 nitrogen and oxygen atoms in total. The second kappa shape index (κ2) is 7.10. The molecule has 0 atom stereocenters. The zero-order chi connectivity index (χ0) is 14.4. The minimum absolute atomic E-state index is 0.834. The van der Waals surface area contributed by atoms with Gasteiger partial charge in [0.2, 0.25) is 0 Å². The van der Waals surface area contributed by atoms with Crippen LogP contribution in [0.25, 0.3) is 11.4 Å². The summed E-state index contributed by atoms with van der Waals surface area (Å²) < 4.78 is 0.967. The summed E-state index contributed by atoms with van der Waals surface area (Å²) in [6, 6.07) is 9.72. The zero-order valence-corrected chi connectivity index (χ0v) is 13.1. The first-order valence-corrected chi connectivity index (χ1v) is 7.26. The van der Waals surface area contributed by atoms with E-state index in [0.717, 1.165) is 33.7 Å². The first-order valence-electron chi connectivity index (χ1n) is 6.47. The lowest BCUT2D eigenvalue weighted by Crippen LogP contribution is -2.02. The Balaban J connectivity index is 2.46. The lowest BCUT2D eigenvalue weighted by atomic mass is 10.1. The maximum absolute atomic E-state index is 4.65. The van der Waals surface area contributed by atoms with Crippen LogP contribution in [0.2, 0.25) is 0 Å². The highest BCUT2D eigenvalue weighted by Crippen LogP contribution is 2.21. The van der Waals surface area contributed by atoms with Crippen LogP contribution in [0.15, 0.2) is 58.1 Å². The van der Waals surface area contributed by atoms with Gasteiger partial charge in [0.15, 0.2) is 0 Å². The Labute approximate surface area is 127 Å². The highest BCUT2D eigenvalue weighted by atomic mass is 79.9. The van der Waals surface area contributed by atoms with Crippen molar-refractivity contribution in [3.05, 3.63) is 58.8 Å². The molecule has 0 bridgehead atoms. The minimum Gasteiger partial charge on any atom is -0.286 e. The molecule has 0 N–H and O–H groups in total. The fourth-order valence-corrected chi connectivity index (χ4v) is 2.21. The standard InChI is InChI=1S/C16H16BrN3/c1-3-4-7-13(18-2)15-10-12(17)11-16(20-15)14-8-5-6-9-19-14/h4-11H,3H2,1-2H3/b7-4-,18-13?. The fourth-order valence-electron chi connectivity index (χ4n) is 1.78. The van der Waals surface area contributed by atoms with E-state index in [0.29, 0.717) is 0 Å². The molecule has 20 heavy (non-hydrogen) atoms. The van der Waals surface area contributed by atoms with E-state index in [1.165, 1.54) is 0 Å². The van der Waals surface area contributed by atoms with Crippen LogP contribution in [0.3, 0.4) is 0 Å². The van der Waals surface area contributed by atoms with E-state index in [1.54, 1.807) is 13.2 Å². The van der Waals surface area contributed by atoms with Crippen LogP contribution in [0.1, 0.15) is 19.0 Å². The Morgan fingerprint density at radius 1 is 1.30 bits per heavy atom. The van der Waals surface area contributed by atoms with Gasteiger partial charge in [-0.15, -0.1) is 0 Å². The summed E-state index contributed by atoms with van der Waals surface area (Å²) in [6.07, 6.45) is 6.81. The number of rotatable bonds is 4. The molecule has 0 aliphatic carbocycles. The molecule has 102 valence electrons. The third-order valence-electron chi connectivity index (χ3n) is 2.73. The van der Waals surface area contributed by atoms with E-state index in [-0.39, 0.29) is 0 Å². The van der Waals surface area contributed by atoms with E-state index in [9.17, 15) is 0 Å². The van der Waals surface area contributed by atoms with E-state index in [1.807, 2.05) is 36.4 Å². The molecule has 0 aliphatic rings. The molecular formula is C16H16BrN3. The van der Waals surface area contributed by atoms with Gasteiger partial charge in [-0.05, 0) is 36.8 Å². The molecule has 2 aromatic heterocycles. The third-order valence-corrected chi connectivity index (χ3v) is 3.19. The largest absolute Gasteiger partial charge is 0.286 e. The second-order valence-corrected chi connectivity index (χ2v) is 5.11. The first-order chi connectivity index (χ1) is 9.74. The number of hydrogen-bond donors (Lipinski definition) is 0. The van der Waals surface area contributed by atoms with Gasteiger partial charge < -0.3 is 0 Å². The first kappa shape index (κ1) is 14.6. The van der Waals surface area contributed by atoms with Crippen molar-refractivity contribution in [2.24, 2.45) is 4.99 Å². The molecule has 0 radical (unpaired) electrons. The van der Waals surface area contributed by atoms with Gasteiger partial charge in [-0.2, -0.15) is 0 Å². The number of aromatic nitrogens is 2. The van der Waals surface area contributed by atoms with Gasteiger partial charge in [-0.25, -0.2) is 4.98 Å². The predicted molar refractivity (Wildman–Crippen MR) is 87.1 cm³/mol. The molecule has 0 saturated heterocycles. The van der Waals surface area contributed by atoms with Gasteiger partial charge in [0.1, 0.15) is 0 Å². The van der Waals surface area contributed by atoms with E-state index in [2.05, 4.69) is 43.9 Å². The van der Waals surface area contributed by atoms with Crippen molar-refractivity contribution >= 4 is 21.6 Å². The summed E-state index contributed by atoms with van der Waals surface area (Å²) in [5.41, 5.74) is 3.39. The Hall–Kier alpha value is -1.81. The summed E-state index contributed by atoms with van der Waals surface area (Å²) >= 11 is 3.53. The Morgan fingerprint density at radius 2 is 2.15 bits per heavy atom. The molecule has 2 aromatic rings. The van der Waals surface area contributed by atoms with Crippen molar-refractivity contribution in [3.8, 4) is 11.4 Å². The quantitative estimate of drug-likeness (QED) is 0.784. The van der Waals surface area contributed by atoms with E-state index in [4.69, 9.17) is 0 Å². The van der Waals surface area contributed by atoms with Crippen molar-refractivity contribution in [2.45, 2.75) is 13.3 Å².